The molecule has 1 saturated heterocycles. The number of halogens is 1. The molecule has 154 valence electrons. The van der Waals surface area contributed by atoms with Crippen LogP contribution < -0.4 is 10.2 Å². The van der Waals surface area contributed by atoms with Gasteiger partial charge >= 0.3 is 0 Å². The summed E-state index contributed by atoms with van der Waals surface area (Å²) in [5.41, 5.74) is 1.30. The number of aliphatic imine (C=N–C) groups is 1. The minimum atomic E-state index is 0. The lowest BCUT2D eigenvalue weighted by Gasteiger charge is -2.37. The van der Waals surface area contributed by atoms with Crippen molar-refractivity contribution in [3.8, 4) is 0 Å². The molecule has 1 N–H and O–H groups in total. The van der Waals surface area contributed by atoms with Gasteiger partial charge in [0, 0.05) is 57.9 Å². The third kappa shape index (κ3) is 6.08. The Balaban J connectivity index is 0.00000280. The third-order valence-electron chi connectivity index (χ3n) is 4.83. The van der Waals surface area contributed by atoms with Gasteiger partial charge in [0.1, 0.15) is 12.2 Å². The fraction of sp³-hybridized carbons (Fsp3) is 0.550. The van der Waals surface area contributed by atoms with Gasteiger partial charge < -0.3 is 19.7 Å². The maximum Gasteiger partial charge on any atom is 0.194 e. The molecule has 1 fully saturated rings. The second-order valence-electron chi connectivity index (χ2n) is 6.74. The molecule has 0 spiro atoms. The number of hydrogen-bond acceptors (Lipinski definition) is 4. The number of anilines is 1. The predicted octanol–water partition coefficient (Wildman–Crippen LogP) is 2.64. The van der Waals surface area contributed by atoms with Crippen molar-refractivity contribution in [2.24, 2.45) is 4.99 Å². The van der Waals surface area contributed by atoms with Crippen LogP contribution in [0.15, 0.2) is 41.7 Å². The van der Waals surface area contributed by atoms with Gasteiger partial charge in [0.05, 0.1) is 0 Å². The molecular formula is C20H32IN7. The highest BCUT2D eigenvalue weighted by Gasteiger charge is 2.19. The monoisotopic (exact) mass is 497 g/mol. The zero-order chi connectivity index (χ0) is 18.9. The Bertz CT molecular complexity index is 708. The summed E-state index contributed by atoms with van der Waals surface area (Å²) in [6, 6.07) is 10.6. The summed E-state index contributed by atoms with van der Waals surface area (Å²) in [5.74, 6) is 2.05. The van der Waals surface area contributed by atoms with Crippen LogP contribution in [0, 0.1) is 0 Å². The average molecular weight is 497 g/mol. The molecular weight excluding hydrogens is 465 g/mol. The second kappa shape index (κ2) is 11.9. The average Bonchev–Trinajstić information content (AvgIpc) is 3.19. The van der Waals surface area contributed by atoms with Gasteiger partial charge in [-0.25, -0.2) is 0 Å². The molecule has 1 aliphatic heterocycles. The largest absolute Gasteiger partial charge is 0.368 e. The number of guanidine groups is 1. The third-order valence-corrected chi connectivity index (χ3v) is 4.83. The number of hydrogen-bond donors (Lipinski definition) is 1. The molecule has 1 aromatic carbocycles. The Morgan fingerprint density at radius 3 is 2.54 bits per heavy atom. The Labute approximate surface area is 185 Å². The molecule has 0 unspecified atom stereocenters. The van der Waals surface area contributed by atoms with E-state index in [1.54, 1.807) is 0 Å². The number of rotatable bonds is 7. The van der Waals surface area contributed by atoms with Gasteiger partial charge in [-0.2, -0.15) is 0 Å². The van der Waals surface area contributed by atoms with E-state index in [1.165, 1.54) is 5.69 Å². The second-order valence-corrected chi connectivity index (χ2v) is 6.74. The molecule has 2 heterocycles. The summed E-state index contributed by atoms with van der Waals surface area (Å²) < 4.78 is 2.11. The Morgan fingerprint density at radius 2 is 1.86 bits per heavy atom. The molecule has 7 nitrogen and oxygen atoms in total. The van der Waals surface area contributed by atoms with E-state index in [1.807, 2.05) is 6.33 Å². The standard InChI is InChI=1S/C20H31N7.HI/c1-3-10-21-20(22-11-12-27-17-23-24-19(27)4-2)26-15-13-25(14-16-26)18-8-6-5-7-9-18;/h5-9,17H,3-4,10-16H2,1-2H3,(H,21,22);1H. The zero-order valence-corrected chi connectivity index (χ0v) is 19.2. The van der Waals surface area contributed by atoms with Crippen molar-refractivity contribution < 1.29 is 0 Å². The number of para-hydroxylation sites is 1. The van der Waals surface area contributed by atoms with Crippen LogP contribution >= 0.6 is 24.0 Å². The number of nitrogens with one attached hydrogen (secondary N) is 1. The first kappa shape index (κ1) is 22.4. The van der Waals surface area contributed by atoms with Crippen molar-refractivity contribution in [1.82, 2.24) is 25.0 Å². The molecule has 0 atom stereocenters. The first-order chi connectivity index (χ1) is 13.3. The van der Waals surface area contributed by atoms with E-state index < -0.39 is 0 Å². The van der Waals surface area contributed by atoms with Crippen LogP contribution in [0.1, 0.15) is 26.1 Å². The topological polar surface area (TPSA) is 61.6 Å². The van der Waals surface area contributed by atoms with E-state index in [0.717, 1.165) is 70.4 Å². The molecule has 0 radical (unpaired) electrons. The number of nitrogens with zero attached hydrogens (tertiary/aromatic N) is 6. The first-order valence-corrected chi connectivity index (χ1v) is 10.0. The highest BCUT2D eigenvalue weighted by atomic mass is 127. The molecule has 1 aliphatic rings. The Hall–Kier alpha value is -1.84. The smallest absolute Gasteiger partial charge is 0.194 e. The van der Waals surface area contributed by atoms with Gasteiger partial charge in [0.25, 0.3) is 0 Å². The van der Waals surface area contributed by atoms with Crippen molar-refractivity contribution in [2.45, 2.75) is 33.2 Å². The van der Waals surface area contributed by atoms with Crippen LogP contribution in [0.2, 0.25) is 0 Å². The number of aromatic nitrogens is 3. The maximum absolute atomic E-state index is 4.80. The Kier molecular flexibility index (Phi) is 9.52. The van der Waals surface area contributed by atoms with Gasteiger partial charge in [-0.1, -0.05) is 32.0 Å². The van der Waals surface area contributed by atoms with E-state index in [0.29, 0.717) is 0 Å². The van der Waals surface area contributed by atoms with Crippen molar-refractivity contribution in [2.75, 3.05) is 44.2 Å². The van der Waals surface area contributed by atoms with Crippen LogP contribution in [0.25, 0.3) is 0 Å². The summed E-state index contributed by atoms with van der Waals surface area (Å²) in [4.78, 5) is 9.62. The molecule has 1 aromatic heterocycles. The highest BCUT2D eigenvalue weighted by Crippen LogP contribution is 2.15. The lowest BCUT2D eigenvalue weighted by Crippen LogP contribution is -2.53. The van der Waals surface area contributed by atoms with Gasteiger partial charge in [0.15, 0.2) is 5.96 Å². The highest BCUT2D eigenvalue weighted by molar-refractivity contribution is 14.0. The van der Waals surface area contributed by atoms with Crippen LogP contribution in [0.3, 0.4) is 0 Å². The quantitative estimate of drug-likeness (QED) is 0.362. The molecule has 8 heteroatoms. The van der Waals surface area contributed by atoms with Crippen molar-refractivity contribution in [3.63, 3.8) is 0 Å². The minimum Gasteiger partial charge on any atom is -0.368 e. The van der Waals surface area contributed by atoms with E-state index in [-0.39, 0.29) is 24.0 Å². The normalized spacial score (nSPS) is 14.7. The molecule has 3 rings (SSSR count). The molecule has 2 aromatic rings. The number of aryl methyl sites for hydroxylation is 1. The van der Waals surface area contributed by atoms with Crippen LogP contribution in [-0.4, -0.2) is 64.9 Å². The van der Waals surface area contributed by atoms with Crippen LogP contribution in [0.4, 0.5) is 5.69 Å². The first-order valence-electron chi connectivity index (χ1n) is 10.0. The lowest BCUT2D eigenvalue weighted by molar-refractivity contribution is 0.370. The van der Waals surface area contributed by atoms with Gasteiger partial charge in [0.2, 0.25) is 0 Å². The number of benzene rings is 1. The van der Waals surface area contributed by atoms with Crippen molar-refractivity contribution >= 4 is 35.6 Å². The molecule has 0 aliphatic carbocycles. The maximum atomic E-state index is 4.80. The lowest BCUT2D eigenvalue weighted by atomic mass is 10.2. The van der Waals surface area contributed by atoms with E-state index >= 15 is 0 Å². The molecule has 0 bridgehead atoms. The SMILES string of the molecule is CCCN=C(NCCn1cnnc1CC)N1CCN(c2ccccc2)CC1.I. The summed E-state index contributed by atoms with van der Waals surface area (Å²) in [6.45, 7) is 10.8. The molecule has 0 saturated carbocycles. The zero-order valence-electron chi connectivity index (χ0n) is 16.9. The van der Waals surface area contributed by atoms with Crippen LogP contribution in [0.5, 0.6) is 0 Å². The fourth-order valence-electron chi connectivity index (χ4n) is 3.33. The predicted molar refractivity (Wildman–Crippen MR) is 126 cm³/mol. The van der Waals surface area contributed by atoms with E-state index in [4.69, 9.17) is 4.99 Å². The molecule has 28 heavy (non-hydrogen) atoms. The minimum absolute atomic E-state index is 0. The summed E-state index contributed by atoms with van der Waals surface area (Å²) in [6.07, 6.45) is 3.76. The van der Waals surface area contributed by atoms with E-state index in [9.17, 15) is 0 Å². The van der Waals surface area contributed by atoms with Gasteiger partial charge in [-0.15, -0.1) is 34.2 Å². The van der Waals surface area contributed by atoms with E-state index in [2.05, 4.69) is 74.1 Å². The Morgan fingerprint density at radius 1 is 1.11 bits per heavy atom. The van der Waals surface area contributed by atoms with Crippen molar-refractivity contribution in [3.05, 3.63) is 42.5 Å². The van der Waals surface area contributed by atoms with Crippen LogP contribution in [-0.2, 0) is 13.0 Å². The summed E-state index contributed by atoms with van der Waals surface area (Å²) in [5, 5.41) is 11.7. The summed E-state index contributed by atoms with van der Waals surface area (Å²) >= 11 is 0. The van der Waals surface area contributed by atoms with Gasteiger partial charge in [-0.3, -0.25) is 4.99 Å². The molecule has 0 amide bonds. The fourth-order valence-corrected chi connectivity index (χ4v) is 3.33. The van der Waals surface area contributed by atoms with Gasteiger partial charge in [-0.05, 0) is 18.6 Å². The number of piperazine rings is 1. The van der Waals surface area contributed by atoms with Crippen molar-refractivity contribution in [1.29, 1.82) is 0 Å². The summed E-state index contributed by atoms with van der Waals surface area (Å²) in [7, 11) is 0.